The molecule has 0 bridgehead atoms. The Morgan fingerprint density at radius 3 is 2.65 bits per heavy atom. The molecule has 20 heavy (non-hydrogen) atoms. The Kier molecular flexibility index (Phi) is 4.02. The Bertz CT molecular complexity index is 637. The normalized spacial score (nSPS) is 17.2. The second-order valence-electron chi connectivity index (χ2n) is 5.12. The van der Waals surface area contributed by atoms with E-state index in [1.165, 1.54) is 16.7 Å². The van der Waals surface area contributed by atoms with Gasteiger partial charge in [0.1, 0.15) is 0 Å². The zero-order valence-electron chi connectivity index (χ0n) is 11.4. The number of benzene rings is 2. The van der Waals surface area contributed by atoms with Crippen molar-refractivity contribution in [3.63, 3.8) is 0 Å². The van der Waals surface area contributed by atoms with Gasteiger partial charge in [-0.15, -0.1) is 0 Å². The van der Waals surface area contributed by atoms with E-state index in [4.69, 9.17) is 23.2 Å². The van der Waals surface area contributed by atoms with E-state index in [1.54, 1.807) is 0 Å². The van der Waals surface area contributed by atoms with Crippen LogP contribution in [-0.4, -0.2) is 6.54 Å². The minimum atomic E-state index is 0.466. The molecule has 1 aliphatic rings. The van der Waals surface area contributed by atoms with Gasteiger partial charge in [0.25, 0.3) is 0 Å². The first-order chi connectivity index (χ1) is 9.72. The van der Waals surface area contributed by atoms with Crippen LogP contribution in [0.5, 0.6) is 0 Å². The highest BCUT2D eigenvalue weighted by Gasteiger charge is 2.24. The highest BCUT2D eigenvalue weighted by Crippen LogP contribution is 2.41. The van der Waals surface area contributed by atoms with Crippen LogP contribution in [0.15, 0.2) is 36.4 Å². The molecule has 0 heterocycles. The second-order valence-corrected chi connectivity index (χ2v) is 5.91. The van der Waals surface area contributed by atoms with Crippen molar-refractivity contribution in [2.75, 3.05) is 6.54 Å². The predicted molar refractivity (Wildman–Crippen MR) is 86.6 cm³/mol. The maximum atomic E-state index is 6.38. The first-order valence-corrected chi connectivity index (χ1v) is 7.77. The van der Waals surface area contributed by atoms with Gasteiger partial charge in [-0.2, -0.15) is 0 Å². The van der Waals surface area contributed by atoms with Crippen molar-refractivity contribution in [2.24, 2.45) is 0 Å². The van der Waals surface area contributed by atoms with E-state index in [-0.39, 0.29) is 0 Å². The molecule has 1 nitrogen and oxygen atoms in total. The molecule has 3 heteroatoms. The molecule has 1 unspecified atom stereocenters. The summed E-state index contributed by atoms with van der Waals surface area (Å²) in [4.78, 5) is 0. The van der Waals surface area contributed by atoms with Crippen LogP contribution in [-0.2, 0) is 6.42 Å². The van der Waals surface area contributed by atoms with Crippen molar-refractivity contribution in [3.8, 4) is 11.1 Å². The molecule has 0 radical (unpaired) electrons. The summed E-state index contributed by atoms with van der Waals surface area (Å²) in [6, 6.07) is 12.8. The smallest absolute Gasteiger partial charge is 0.0670 e. The van der Waals surface area contributed by atoms with Crippen molar-refractivity contribution in [1.29, 1.82) is 0 Å². The van der Waals surface area contributed by atoms with Gasteiger partial charge in [0.15, 0.2) is 0 Å². The fraction of sp³-hybridized carbons (Fsp3) is 0.294. The number of hydrogen-bond acceptors (Lipinski definition) is 1. The molecule has 0 fully saturated rings. The summed E-state index contributed by atoms with van der Waals surface area (Å²) < 4.78 is 0. The molecule has 2 aromatic rings. The third-order valence-electron chi connectivity index (χ3n) is 3.96. The molecule has 2 aromatic carbocycles. The lowest BCUT2D eigenvalue weighted by molar-refractivity contribution is 0.549. The predicted octanol–water partition coefficient (Wildman–Crippen LogP) is 5.26. The third kappa shape index (κ3) is 2.35. The summed E-state index contributed by atoms with van der Waals surface area (Å²) in [6.45, 7) is 3.14. The van der Waals surface area contributed by atoms with E-state index in [2.05, 4.69) is 30.4 Å². The van der Waals surface area contributed by atoms with E-state index in [1.807, 2.05) is 18.2 Å². The van der Waals surface area contributed by atoms with Crippen LogP contribution in [0.25, 0.3) is 11.1 Å². The molecular formula is C17H17Cl2N. The quantitative estimate of drug-likeness (QED) is 0.816. The highest BCUT2D eigenvalue weighted by atomic mass is 35.5. The van der Waals surface area contributed by atoms with Crippen molar-refractivity contribution in [2.45, 2.75) is 25.8 Å². The molecule has 0 saturated heterocycles. The molecule has 0 spiro atoms. The number of halogens is 2. The van der Waals surface area contributed by atoms with Crippen molar-refractivity contribution < 1.29 is 0 Å². The fourth-order valence-corrected chi connectivity index (χ4v) is 3.48. The Balaban J connectivity index is 2.11. The van der Waals surface area contributed by atoms with Gasteiger partial charge in [0.2, 0.25) is 0 Å². The van der Waals surface area contributed by atoms with Gasteiger partial charge in [-0.05, 0) is 42.1 Å². The molecule has 0 amide bonds. The minimum absolute atomic E-state index is 0.466. The maximum Gasteiger partial charge on any atom is 0.0670 e. The fourth-order valence-electron chi connectivity index (χ4n) is 3.08. The van der Waals surface area contributed by atoms with Gasteiger partial charge < -0.3 is 5.32 Å². The minimum Gasteiger partial charge on any atom is -0.310 e. The van der Waals surface area contributed by atoms with Crippen LogP contribution in [0, 0.1) is 0 Å². The molecule has 104 valence electrons. The standard InChI is InChI=1S/C17H17Cl2N/c1-2-20-16-10-9-12-11(5-3-6-13(12)16)14-7-4-8-15(18)17(14)19/h3-8,16,20H,2,9-10H2,1H3. The number of nitrogens with one attached hydrogen (secondary N) is 1. The zero-order chi connectivity index (χ0) is 14.1. The Morgan fingerprint density at radius 2 is 1.85 bits per heavy atom. The Labute approximate surface area is 129 Å². The first-order valence-electron chi connectivity index (χ1n) is 7.02. The number of rotatable bonds is 3. The number of hydrogen-bond donors (Lipinski definition) is 1. The molecule has 1 aliphatic carbocycles. The molecule has 0 aromatic heterocycles. The van der Waals surface area contributed by atoms with Crippen LogP contribution in [0.1, 0.15) is 30.5 Å². The van der Waals surface area contributed by atoms with Crippen molar-refractivity contribution >= 4 is 23.2 Å². The van der Waals surface area contributed by atoms with E-state index in [0.717, 1.165) is 24.9 Å². The summed E-state index contributed by atoms with van der Waals surface area (Å²) >= 11 is 12.5. The monoisotopic (exact) mass is 305 g/mol. The summed E-state index contributed by atoms with van der Waals surface area (Å²) in [5.74, 6) is 0. The van der Waals surface area contributed by atoms with Gasteiger partial charge in [-0.3, -0.25) is 0 Å². The summed E-state index contributed by atoms with van der Waals surface area (Å²) in [5, 5.41) is 4.81. The largest absolute Gasteiger partial charge is 0.310 e. The topological polar surface area (TPSA) is 12.0 Å². The lowest BCUT2D eigenvalue weighted by atomic mass is 9.96. The Morgan fingerprint density at radius 1 is 1.10 bits per heavy atom. The van der Waals surface area contributed by atoms with Crippen LogP contribution in [0.4, 0.5) is 0 Å². The molecule has 0 aliphatic heterocycles. The van der Waals surface area contributed by atoms with Gasteiger partial charge in [-0.25, -0.2) is 0 Å². The van der Waals surface area contributed by atoms with Gasteiger partial charge in [-0.1, -0.05) is 60.5 Å². The highest BCUT2D eigenvalue weighted by molar-refractivity contribution is 6.43. The summed E-state index contributed by atoms with van der Waals surface area (Å²) in [6.07, 6.45) is 2.24. The van der Waals surface area contributed by atoms with Gasteiger partial charge in [0, 0.05) is 11.6 Å². The van der Waals surface area contributed by atoms with Crippen molar-refractivity contribution in [3.05, 3.63) is 57.6 Å². The Hall–Kier alpha value is -1.02. The van der Waals surface area contributed by atoms with Crippen LogP contribution in [0.2, 0.25) is 10.0 Å². The summed E-state index contributed by atoms with van der Waals surface area (Å²) in [5.41, 5.74) is 5.06. The SMILES string of the molecule is CCNC1CCc2c(-c3cccc(Cl)c3Cl)cccc21. The second kappa shape index (κ2) is 5.77. The molecule has 3 rings (SSSR count). The lowest BCUT2D eigenvalue weighted by Gasteiger charge is -2.14. The molecule has 0 saturated carbocycles. The van der Waals surface area contributed by atoms with Gasteiger partial charge in [0.05, 0.1) is 10.0 Å². The van der Waals surface area contributed by atoms with Gasteiger partial charge >= 0.3 is 0 Å². The average molecular weight is 306 g/mol. The van der Waals surface area contributed by atoms with Crippen LogP contribution >= 0.6 is 23.2 Å². The lowest BCUT2D eigenvalue weighted by Crippen LogP contribution is -2.18. The average Bonchev–Trinajstić information content (AvgIpc) is 2.86. The molecular weight excluding hydrogens is 289 g/mol. The molecule has 1 N–H and O–H groups in total. The molecule has 1 atom stereocenters. The van der Waals surface area contributed by atoms with Crippen molar-refractivity contribution in [1.82, 2.24) is 5.32 Å². The summed E-state index contributed by atoms with van der Waals surface area (Å²) in [7, 11) is 0. The van der Waals surface area contributed by atoms with Crippen LogP contribution < -0.4 is 5.32 Å². The first kappa shape index (κ1) is 13.9. The zero-order valence-corrected chi connectivity index (χ0v) is 12.9. The van der Waals surface area contributed by atoms with E-state index >= 15 is 0 Å². The number of fused-ring (bicyclic) bond motifs is 1. The third-order valence-corrected chi connectivity index (χ3v) is 4.78. The van der Waals surface area contributed by atoms with Crippen LogP contribution in [0.3, 0.4) is 0 Å². The maximum absolute atomic E-state index is 6.38. The van der Waals surface area contributed by atoms with E-state index < -0.39 is 0 Å². The van der Waals surface area contributed by atoms with E-state index in [0.29, 0.717) is 16.1 Å². The van der Waals surface area contributed by atoms with E-state index in [9.17, 15) is 0 Å².